The number of rotatable bonds is 5. The van der Waals surface area contributed by atoms with Crippen LogP contribution in [-0.4, -0.2) is 74.0 Å². The van der Waals surface area contributed by atoms with Gasteiger partial charge in [0.25, 0.3) is 0 Å². The van der Waals surface area contributed by atoms with Crippen LogP contribution in [0.3, 0.4) is 0 Å². The number of carbonyl (C=O) groups excluding carboxylic acids is 1. The van der Waals surface area contributed by atoms with Gasteiger partial charge in [-0.1, -0.05) is 6.07 Å². The van der Waals surface area contributed by atoms with Crippen LogP contribution in [0.2, 0.25) is 0 Å². The number of piperidine rings is 1. The summed E-state index contributed by atoms with van der Waals surface area (Å²) in [4.78, 5) is 24.2. The van der Waals surface area contributed by atoms with Crippen LogP contribution in [-0.2, 0) is 27.3 Å². The Morgan fingerprint density at radius 3 is 2.50 bits per heavy atom. The molecule has 4 aromatic heterocycles. The highest BCUT2D eigenvalue weighted by Crippen LogP contribution is 2.53. The van der Waals surface area contributed by atoms with Crippen molar-refractivity contribution in [1.29, 1.82) is 0 Å². The second-order valence-corrected chi connectivity index (χ2v) is 14.0. The molecule has 2 aliphatic heterocycles. The topological polar surface area (TPSA) is 122 Å². The number of sulfonamides is 1. The quantitative estimate of drug-likeness (QED) is 0.329. The van der Waals surface area contributed by atoms with E-state index < -0.39 is 15.4 Å². The summed E-state index contributed by atoms with van der Waals surface area (Å²) in [5.41, 5.74) is 6.29. The van der Waals surface area contributed by atoms with Crippen molar-refractivity contribution in [2.24, 2.45) is 7.05 Å². The minimum Gasteiger partial charge on any atom is -0.339 e. The fourth-order valence-corrected chi connectivity index (χ4v) is 7.89. The van der Waals surface area contributed by atoms with Gasteiger partial charge in [-0.05, 0) is 51.3 Å². The van der Waals surface area contributed by atoms with E-state index in [0.29, 0.717) is 31.6 Å². The highest BCUT2D eigenvalue weighted by Gasteiger charge is 2.53. The normalized spacial score (nSPS) is 17.4. The van der Waals surface area contributed by atoms with Crippen molar-refractivity contribution in [3.05, 3.63) is 48.5 Å². The average molecular weight is 587 g/mol. The summed E-state index contributed by atoms with van der Waals surface area (Å²) in [5.74, 6) is 0.0366. The Hall–Kier alpha value is -4.03. The number of amides is 1. The van der Waals surface area contributed by atoms with Gasteiger partial charge in [0.2, 0.25) is 15.9 Å². The molecule has 42 heavy (non-hydrogen) atoms. The lowest BCUT2D eigenvalue weighted by atomic mass is 9.72. The molecule has 12 heteroatoms. The fraction of sp³-hybridized carbons (Fsp3) is 0.400. The summed E-state index contributed by atoms with van der Waals surface area (Å²) in [5, 5.41) is 11.0. The average Bonchev–Trinajstić information content (AvgIpc) is 3.75. The molecule has 0 radical (unpaired) electrons. The Balaban J connectivity index is 1.50. The number of nitrogens with zero attached hydrogens (tertiary/aromatic N) is 7. The number of aromatic nitrogens is 6. The van der Waals surface area contributed by atoms with Gasteiger partial charge >= 0.3 is 0 Å². The zero-order valence-corrected chi connectivity index (χ0v) is 25.2. The van der Waals surface area contributed by atoms with E-state index in [2.05, 4.69) is 47.2 Å². The Kier molecular flexibility index (Phi) is 5.90. The predicted octanol–water partition coefficient (Wildman–Crippen LogP) is 4.22. The molecule has 1 N–H and O–H groups in total. The molecular weight excluding hydrogens is 552 g/mol. The molecule has 2 aliphatic rings. The molecule has 0 atom stereocenters. The summed E-state index contributed by atoms with van der Waals surface area (Å²) >= 11 is 0. The second kappa shape index (κ2) is 9.23. The van der Waals surface area contributed by atoms with Gasteiger partial charge in [-0.15, -0.1) is 0 Å². The van der Waals surface area contributed by atoms with Gasteiger partial charge in [-0.3, -0.25) is 14.2 Å². The summed E-state index contributed by atoms with van der Waals surface area (Å²) in [6, 6.07) is 6.48. The highest BCUT2D eigenvalue weighted by molar-refractivity contribution is 7.89. The largest absolute Gasteiger partial charge is 0.339 e. The third-order valence-electron chi connectivity index (χ3n) is 9.14. The first kappa shape index (κ1) is 26.8. The molecule has 1 fully saturated rings. The third kappa shape index (κ3) is 3.70. The Morgan fingerprint density at radius 2 is 1.81 bits per heavy atom. The number of hydrogen-bond donors (Lipinski definition) is 1. The molecule has 0 unspecified atom stereocenters. The highest BCUT2D eigenvalue weighted by atomic mass is 32.2. The van der Waals surface area contributed by atoms with Gasteiger partial charge in [-0.2, -0.15) is 10.2 Å². The number of fused-ring (bicyclic) bond motifs is 5. The number of carbonyl (C=O) groups is 1. The molecule has 0 bridgehead atoms. The van der Waals surface area contributed by atoms with Crippen molar-refractivity contribution in [2.45, 2.75) is 45.1 Å². The van der Waals surface area contributed by atoms with Crippen molar-refractivity contribution in [2.75, 3.05) is 30.8 Å². The summed E-state index contributed by atoms with van der Waals surface area (Å²) in [7, 11) is 0.363. The van der Waals surface area contributed by atoms with Gasteiger partial charge in [0.15, 0.2) is 0 Å². The minimum absolute atomic E-state index is 0.00983. The van der Waals surface area contributed by atoms with Crippen LogP contribution in [0.25, 0.3) is 44.3 Å². The van der Waals surface area contributed by atoms with Crippen molar-refractivity contribution in [3.63, 3.8) is 0 Å². The first-order valence-corrected chi connectivity index (χ1v) is 15.9. The first-order chi connectivity index (χ1) is 20.1. The van der Waals surface area contributed by atoms with Crippen LogP contribution in [0.1, 0.15) is 45.2 Å². The predicted molar refractivity (Wildman–Crippen MR) is 163 cm³/mol. The number of likely N-dealkylation sites (N-methyl/N-ethyl adjacent to an activating group) is 1. The Morgan fingerprint density at radius 1 is 1.05 bits per heavy atom. The third-order valence-corrected chi connectivity index (χ3v) is 11.0. The van der Waals surface area contributed by atoms with Gasteiger partial charge in [0, 0.05) is 66.9 Å². The van der Waals surface area contributed by atoms with Gasteiger partial charge in [-0.25, -0.2) is 17.7 Å². The number of H-pyrrole nitrogens is 1. The standard InChI is InChI=1S/C30H34N8O3S/c1-6-42(40,41)37-11-9-30(10-12-37)26-23(35(4)29(30)39)16-31-28-25(26)24(19-7-8-22-20(13-19)14-32-36(22)5)27(34-28)21-15-33-38(17-21)18(2)3/h7-8,13-18H,6,9-12H2,1-5H3,(H,31,34). The molecule has 1 saturated heterocycles. The smallest absolute Gasteiger partial charge is 0.237 e. The van der Waals surface area contributed by atoms with Crippen LogP contribution in [0.4, 0.5) is 5.69 Å². The number of anilines is 1. The van der Waals surface area contributed by atoms with Crippen molar-refractivity contribution < 1.29 is 13.2 Å². The zero-order valence-electron chi connectivity index (χ0n) is 24.4. The van der Waals surface area contributed by atoms with Gasteiger partial charge in [0.05, 0.1) is 46.7 Å². The Labute approximate surface area is 244 Å². The number of hydrogen-bond acceptors (Lipinski definition) is 6. The van der Waals surface area contributed by atoms with Crippen molar-refractivity contribution >= 4 is 43.6 Å². The molecule has 11 nitrogen and oxygen atoms in total. The fourth-order valence-electron chi connectivity index (χ4n) is 6.79. The molecule has 1 spiro atoms. The lowest BCUT2D eigenvalue weighted by Gasteiger charge is -2.37. The Bertz CT molecular complexity index is 1990. The van der Waals surface area contributed by atoms with Crippen LogP contribution >= 0.6 is 0 Å². The molecule has 0 aliphatic carbocycles. The monoisotopic (exact) mass is 586 g/mol. The SMILES string of the molecule is CCS(=O)(=O)N1CCC2(CC1)C(=O)N(C)c1cnc3[nH]c(-c4cnn(C(C)C)c4)c(-c4ccc5c(cnn5C)c4)c3c12. The van der Waals surface area contributed by atoms with E-state index >= 15 is 0 Å². The lowest BCUT2D eigenvalue weighted by Crippen LogP contribution is -2.49. The maximum atomic E-state index is 14.1. The maximum absolute atomic E-state index is 14.1. The summed E-state index contributed by atoms with van der Waals surface area (Å²) in [6.07, 6.45) is 8.34. The molecule has 0 saturated carbocycles. The summed E-state index contributed by atoms with van der Waals surface area (Å²) < 4.78 is 30.7. The van der Waals surface area contributed by atoms with E-state index in [1.165, 1.54) is 4.31 Å². The van der Waals surface area contributed by atoms with E-state index in [-0.39, 0.29) is 17.7 Å². The molecule has 7 rings (SSSR count). The van der Waals surface area contributed by atoms with E-state index in [9.17, 15) is 13.2 Å². The maximum Gasteiger partial charge on any atom is 0.237 e. The van der Waals surface area contributed by atoms with Crippen molar-refractivity contribution in [3.8, 4) is 22.4 Å². The molecule has 6 heterocycles. The summed E-state index contributed by atoms with van der Waals surface area (Å²) in [6.45, 7) is 6.43. The molecule has 5 aromatic rings. The molecular formula is C30H34N8O3S. The van der Waals surface area contributed by atoms with Crippen LogP contribution < -0.4 is 4.90 Å². The zero-order chi connectivity index (χ0) is 29.6. The lowest BCUT2D eigenvalue weighted by molar-refractivity contribution is -0.124. The van der Waals surface area contributed by atoms with Gasteiger partial charge < -0.3 is 9.88 Å². The minimum atomic E-state index is -3.35. The van der Waals surface area contributed by atoms with Crippen LogP contribution in [0.15, 0.2) is 43.0 Å². The van der Waals surface area contributed by atoms with E-state index in [4.69, 9.17) is 4.98 Å². The van der Waals surface area contributed by atoms with E-state index in [0.717, 1.165) is 49.9 Å². The van der Waals surface area contributed by atoms with Crippen LogP contribution in [0.5, 0.6) is 0 Å². The van der Waals surface area contributed by atoms with E-state index in [1.54, 1.807) is 25.1 Å². The number of nitrogens with one attached hydrogen (secondary N) is 1. The molecule has 1 aromatic carbocycles. The number of aryl methyl sites for hydroxylation is 1. The molecule has 1 amide bonds. The van der Waals surface area contributed by atoms with Crippen molar-refractivity contribution in [1.82, 2.24) is 33.8 Å². The first-order valence-electron chi connectivity index (χ1n) is 14.3. The van der Waals surface area contributed by atoms with Crippen LogP contribution in [0, 0.1) is 0 Å². The number of benzene rings is 1. The second-order valence-electron chi connectivity index (χ2n) is 11.7. The number of pyridine rings is 1. The van der Waals surface area contributed by atoms with Gasteiger partial charge in [0.1, 0.15) is 5.65 Å². The number of aromatic amines is 1. The van der Waals surface area contributed by atoms with E-state index in [1.807, 2.05) is 35.0 Å². The molecule has 218 valence electrons.